The van der Waals surface area contributed by atoms with Crippen molar-refractivity contribution in [2.24, 2.45) is 0 Å². The van der Waals surface area contributed by atoms with Gasteiger partial charge in [-0.25, -0.2) is 0 Å². The second kappa shape index (κ2) is 8.32. The van der Waals surface area contributed by atoms with Crippen molar-refractivity contribution in [1.29, 1.82) is 0 Å². The Kier molecular flexibility index (Phi) is 7.75. The van der Waals surface area contributed by atoms with Crippen LogP contribution < -0.4 is 0 Å². The van der Waals surface area contributed by atoms with Gasteiger partial charge in [-0.1, -0.05) is 38.5 Å². The summed E-state index contributed by atoms with van der Waals surface area (Å²) in [5, 5.41) is 0. The van der Waals surface area contributed by atoms with Crippen LogP contribution in [-0.4, -0.2) is 6.61 Å². The molecule has 1 heteroatoms. The van der Waals surface area contributed by atoms with Gasteiger partial charge < -0.3 is 4.74 Å². The highest BCUT2D eigenvalue weighted by Gasteiger charge is 1.84. The van der Waals surface area contributed by atoms with Crippen molar-refractivity contribution in [2.75, 3.05) is 6.61 Å². The molecule has 0 N–H and O–H groups in total. The van der Waals surface area contributed by atoms with E-state index in [-0.39, 0.29) is 0 Å². The zero-order valence-electron chi connectivity index (χ0n) is 6.73. The molecular formula is C9H16O. The summed E-state index contributed by atoms with van der Waals surface area (Å²) in [5.74, 6) is 0. The van der Waals surface area contributed by atoms with E-state index in [1.807, 2.05) is 0 Å². The Morgan fingerprint density at radius 3 is 2.80 bits per heavy atom. The highest BCUT2D eigenvalue weighted by Crippen LogP contribution is 1.98. The van der Waals surface area contributed by atoms with Crippen molar-refractivity contribution in [3.05, 3.63) is 18.6 Å². The van der Waals surface area contributed by atoms with Crippen molar-refractivity contribution >= 4 is 0 Å². The molecule has 0 aromatic heterocycles. The van der Waals surface area contributed by atoms with E-state index in [9.17, 15) is 0 Å². The summed E-state index contributed by atoms with van der Waals surface area (Å²) in [5.41, 5.74) is 2.56. The second-order valence-corrected chi connectivity index (χ2v) is 2.25. The molecule has 0 rings (SSSR count). The van der Waals surface area contributed by atoms with Crippen molar-refractivity contribution < 1.29 is 4.74 Å². The van der Waals surface area contributed by atoms with Crippen LogP contribution in [0.25, 0.3) is 0 Å². The summed E-state index contributed by atoms with van der Waals surface area (Å²) in [6, 6.07) is 0. The van der Waals surface area contributed by atoms with Crippen molar-refractivity contribution in [1.82, 2.24) is 0 Å². The summed E-state index contributed by atoms with van der Waals surface area (Å²) in [7, 11) is 0. The van der Waals surface area contributed by atoms with E-state index in [0.29, 0.717) is 0 Å². The molecule has 0 radical (unpaired) electrons. The quantitative estimate of drug-likeness (QED) is 0.313. The van der Waals surface area contributed by atoms with Crippen LogP contribution in [-0.2, 0) is 4.74 Å². The van der Waals surface area contributed by atoms with Crippen LogP contribution in [0.5, 0.6) is 0 Å². The molecule has 0 amide bonds. The standard InChI is InChI=1S/C9H16O/c1-3-5-6-7-9-10-8-4-2/h8H,2-3,5-7,9H2,1H3. The van der Waals surface area contributed by atoms with Gasteiger partial charge in [0.1, 0.15) is 6.26 Å². The van der Waals surface area contributed by atoms with E-state index in [0.717, 1.165) is 13.0 Å². The molecule has 10 heavy (non-hydrogen) atoms. The number of hydrogen-bond acceptors (Lipinski definition) is 1. The minimum absolute atomic E-state index is 0.808. The van der Waals surface area contributed by atoms with E-state index in [2.05, 4.69) is 19.2 Å². The number of hydrogen-bond donors (Lipinski definition) is 0. The number of ether oxygens (including phenoxy) is 1. The maximum atomic E-state index is 5.03. The average molecular weight is 140 g/mol. The Morgan fingerprint density at radius 2 is 2.20 bits per heavy atom. The monoisotopic (exact) mass is 140 g/mol. The molecule has 0 aromatic carbocycles. The van der Waals surface area contributed by atoms with Crippen LogP contribution in [0.1, 0.15) is 32.6 Å². The first-order valence-corrected chi connectivity index (χ1v) is 3.87. The molecule has 0 unspecified atom stereocenters. The Hall–Kier alpha value is -0.680. The third kappa shape index (κ3) is 7.32. The lowest BCUT2D eigenvalue weighted by Crippen LogP contribution is -1.86. The molecule has 0 aliphatic heterocycles. The molecule has 0 bridgehead atoms. The van der Waals surface area contributed by atoms with Crippen molar-refractivity contribution in [3.8, 4) is 0 Å². The Bertz CT molecular complexity index is 101. The van der Waals surface area contributed by atoms with E-state index < -0.39 is 0 Å². The fraction of sp³-hybridized carbons (Fsp3) is 0.667. The number of unbranched alkanes of at least 4 members (excludes halogenated alkanes) is 3. The number of rotatable bonds is 6. The largest absolute Gasteiger partial charge is 0.493 e. The Morgan fingerprint density at radius 1 is 1.40 bits per heavy atom. The lowest BCUT2D eigenvalue weighted by atomic mass is 10.2. The van der Waals surface area contributed by atoms with Gasteiger partial charge in [0, 0.05) is 0 Å². The zero-order valence-corrected chi connectivity index (χ0v) is 6.73. The summed E-state index contributed by atoms with van der Waals surface area (Å²) in [6.07, 6.45) is 6.51. The molecule has 0 atom stereocenters. The first-order chi connectivity index (χ1) is 4.91. The minimum Gasteiger partial charge on any atom is -0.493 e. The first kappa shape index (κ1) is 9.32. The maximum Gasteiger partial charge on any atom is 0.124 e. The fourth-order valence-corrected chi connectivity index (χ4v) is 0.730. The maximum absolute atomic E-state index is 5.03. The van der Waals surface area contributed by atoms with Gasteiger partial charge in [0.2, 0.25) is 0 Å². The molecule has 0 heterocycles. The second-order valence-electron chi connectivity index (χ2n) is 2.25. The van der Waals surface area contributed by atoms with Gasteiger partial charge in [0.05, 0.1) is 6.61 Å². The fourth-order valence-electron chi connectivity index (χ4n) is 0.730. The van der Waals surface area contributed by atoms with Crippen molar-refractivity contribution in [2.45, 2.75) is 32.6 Å². The molecule has 0 aliphatic rings. The lowest BCUT2D eigenvalue weighted by molar-refractivity contribution is 0.241. The van der Waals surface area contributed by atoms with Crippen LogP contribution in [0.4, 0.5) is 0 Å². The molecule has 0 aliphatic carbocycles. The van der Waals surface area contributed by atoms with Crippen molar-refractivity contribution in [3.63, 3.8) is 0 Å². The SMILES string of the molecule is C=C=COCCCCCC. The predicted octanol–water partition coefficient (Wildman–Crippen LogP) is 2.88. The summed E-state index contributed by atoms with van der Waals surface area (Å²) >= 11 is 0. The zero-order chi connectivity index (χ0) is 7.66. The van der Waals surface area contributed by atoms with Gasteiger partial charge in [-0.15, -0.1) is 0 Å². The van der Waals surface area contributed by atoms with Crippen LogP contribution in [0.2, 0.25) is 0 Å². The summed E-state index contributed by atoms with van der Waals surface area (Å²) < 4.78 is 5.03. The normalized spacial score (nSPS) is 8.50. The smallest absolute Gasteiger partial charge is 0.124 e. The van der Waals surface area contributed by atoms with Gasteiger partial charge in [0.25, 0.3) is 0 Å². The molecule has 0 saturated carbocycles. The van der Waals surface area contributed by atoms with Crippen LogP contribution >= 0.6 is 0 Å². The highest BCUT2D eigenvalue weighted by molar-refractivity contribution is 4.63. The summed E-state index contributed by atoms with van der Waals surface area (Å²) in [4.78, 5) is 0. The molecule has 0 aromatic rings. The molecule has 58 valence electrons. The molecule has 0 spiro atoms. The Labute approximate surface area is 63.4 Å². The molecule has 0 saturated heterocycles. The predicted molar refractivity (Wildman–Crippen MR) is 43.8 cm³/mol. The van der Waals surface area contributed by atoms with Gasteiger partial charge >= 0.3 is 0 Å². The lowest BCUT2D eigenvalue weighted by Gasteiger charge is -1.97. The average Bonchev–Trinajstić information content (AvgIpc) is 1.97. The van der Waals surface area contributed by atoms with Gasteiger partial charge in [-0.3, -0.25) is 0 Å². The van der Waals surface area contributed by atoms with Crippen LogP contribution in [0.15, 0.2) is 18.6 Å². The first-order valence-electron chi connectivity index (χ1n) is 3.87. The van der Waals surface area contributed by atoms with E-state index >= 15 is 0 Å². The van der Waals surface area contributed by atoms with E-state index in [1.54, 1.807) is 0 Å². The van der Waals surface area contributed by atoms with Crippen LogP contribution in [0.3, 0.4) is 0 Å². The highest BCUT2D eigenvalue weighted by atomic mass is 16.5. The van der Waals surface area contributed by atoms with Gasteiger partial charge in [-0.2, -0.15) is 0 Å². The Balaban J connectivity index is 2.83. The van der Waals surface area contributed by atoms with Gasteiger partial charge in [-0.05, 0) is 6.42 Å². The topological polar surface area (TPSA) is 9.23 Å². The van der Waals surface area contributed by atoms with E-state index in [1.165, 1.54) is 25.5 Å². The molecular weight excluding hydrogens is 124 g/mol. The third-order valence-electron chi connectivity index (χ3n) is 1.28. The minimum atomic E-state index is 0.808. The molecule has 0 fully saturated rings. The summed E-state index contributed by atoms with van der Waals surface area (Å²) in [6.45, 7) is 6.40. The van der Waals surface area contributed by atoms with Crippen LogP contribution in [0, 0.1) is 0 Å². The van der Waals surface area contributed by atoms with Gasteiger partial charge in [0.15, 0.2) is 0 Å². The molecule has 1 nitrogen and oxygen atoms in total. The van der Waals surface area contributed by atoms with E-state index in [4.69, 9.17) is 4.74 Å². The third-order valence-corrected chi connectivity index (χ3v) is 1.28.